The van der Waals surface area contributed by atoms with Crippen LogP contribution in [0.1, 0.15) is 28.9 Å². The van der Waals surface area contributed by atoms with Crippen LogP contribution in [0.4, 0.5) is 0 Å². The molecule has 5 heteroatoms. The summed E-state index contributed by atoms with van der Waals surface area (Å²) in [5.74, 6) is 0.750. The average molecular weight is 303 g/mol. The molecule has 2 heterocycles. The van der Waals surface area contributed by atoms with Crippen LogP contribution >= 0.6 is 0 Å². The van der Waals surface area contributed by atoms with E-state index in [9.17, 15) is 4.79 Å². The summed E-state index contributed by atoms with van der Waals surface area (Å²) in [6, 6.07) is 3.77. The van der Waals surface area contributed by atoms with E-state index in [2.05, 4.69) is 16.9 Å². The van der Waals surface area contributed by atoms with Crippen molar-refractivity contribution in [3.63, 3.8) is 0 Å². The van der Waals surface area contributed by atoms with Crippen molar-refractivity contribution in [3.8, 4) is 0 Å². The van der Waals surface area contributed by atoms with Crippen LogP contribution in [0.25, 0.3) is 0 Å². The van der Waals surface area contributed by atoms with Gasteiger partial charge < -0.3 is 14.5 Å². The highest BCUT2D eigenvalue weighted by Gasteiger charge is 2.30. The van der Waals surface area contributed by atoms with Crippen LogP contribution in [0.5, 0.6) is 0 Å². The highest BCUT2D eigenvalue weighted by Crippen LogP contribution is 2.30. The number of pyridine rings is 1. The standard InChI is InChI=1S/C17H25N3O2/c1-13-3-6-15(9-18-13)17(21)20(10-14-4-5-14)12-16-11-19(2)7-8-22-16/h3,6,9,14,16H,4-5,7-8,10-12H2,1-2H3/t16-/m0/s1. The summed E-state index contributed by atoms with van der Waals surface area (Å²) in [7, 11) is 2.10. The summed E-state index contributed by atoms with van der Waals surface area (Å²) in [6.45, 7) is 6.06. The number of amides is 1. The molecule has 1 atom stereocenters. The fraction of sp³-hybridized carbons (Fsp3) is 0.647. The van der Waals surface area contributed by atoms with Gasteiger partial charge in [0.15, 0.2) is 0 Å². The molecule has 120 valence electrons. The Morgan fingerprint density at radius 2 is 2.23 bits per heavy atom. The Kier molecular flexibility index (Phi) is 4.74. The van der Waals surface area contributed by atoms with Gasteiger partial charge in [-0.15, -0.1) is 0 Å². The molecule has 1 amide bonds. The zero-order chi connectivity index (χ0) is 15.5. The number of hydrogen-bond donors (Lipinski definition) is 0. The molecule has 2 fully saturated rings. The van der Waals surface area contributed by atoms with E-state index in [0.29, 0.717) is 18.0 Å². The van der Waals surface area contributed by atoms with Crippen LogP contribution in [-0.4, -0.2) is 66.6 Å². The van der Waals surface area contributed by atoms with Crippen molar-refractivity contribution in [2.75, 3.05) is 39.8 Å². The minimum Gasteiger partial charge on any atom is -0.374 e. The highest BCUT2D eigenvalue weighted by atomic mass is 16.5. The number of aryl methyl sites for hydroxylation is 1. The molecule has 0 radical (unpaired) electrons. The lowest BCUT2D eigenvalue weighted by Gasteiger charge is -2.34. The quantitative estimate of drug-likeness (QED) is 0.828. The molecular formula is C17H25N3O2. The molecule has 1 aromatic rings. The van der Waals surface area contributed by atoms with Crippen LogP contribution in [0, 0.1) is 12.8 Å². The van der Waals surface area contributed by atoms with Gasteiger partial charge in [-0.3, -0.25) is 9.78 Å². The second-order valence-corrected chi connectivity index (χ2v) is 6.60. The lowest BCUT2D eigenvalue weighted by atomic mass is 10.2. The summed E-state index contributed by atoms with van der Waals surface area (Å²) in [5.41, 5.74) is 1.61. The first-order chi connectivity index (χ1) is 10.6. The maximum Gasteiger partial charge on any atom is 0.255 e. The lowest BCUT2D eigenvalue weighted by molar-refractivity contribution is -0.0331. The Labute approximate surface area is 132 Å². The third kappa shape index (κ3) is 4.05. The van der Waals surface area contributed by atoms with Crippen molar-refractivity contribution in [3.05, 3.63) is 29.6 Å². The number of nitrogens with zero attached hydrogens (tertiary/aromatic N) is 3. The van der Waals surface area contributed by atoms with E-state index >= 15 is 0 Å². The van der Waals surface area contributed by atoms with Gasteiger partial charge in [0.1, 0.15) is 0 Å². The Balaban J connectivity index is 1.68. The first kappa shape index (κ1) is 15.4. The Morgan fingerprint density at radius 1 is 1.41 bits per heavy atom. The van der Waals surface area contributed by atoms with Crippen molar-refractivity contribution in [2.45, 2.75) is 25.9 Å². The molecule has 1 aliphatic carbocycles. The van der Waals surface area contributed by atoms with Gasteiger partial charge in [0.25, 0.3) is 5.91 Å². The summed E-state index contributed by atoms with van der Waals surface area (Å²) in [4.78, 5) is 21.3. The third-order valence-electron chi connectivity index (χ3n) is 4.39. The number of carbonyl (C=O) groups excluding carboxylic acids is 1. The van der Waals surface area contributed by atoms with Crippen LogP contribution in [0.15, 0.2) is 18.3 Å². The topological polar surface area (TPSA) is 45.7 Å². The predicted molar refractivity (Wildman–Crippen MR) is 84.8 cm³/mol. The number of carbonyl (C=O) groups is 1. The summed E-state index contributed by atoms with van der Waals surface area (Å²) < 4.78 is 5.83. The van der Waals surface area contributed by atoms with Gasteiger partial charge in [0.05, 0.1) is 18.3 Å². The van der Waals surface area contributed by atoms with E-state index in [1.54, 1.807) is 6.20 Å². The predicted octanol–water partition coefficient (Wildman–Crippen LogP) is 1.57. The smallest absolute Gasteiger partial charge is 0.255 e. The number of morpholine rings is 1. The zero-order valence-corrected chi connectivity index (χ0v) is 13.5. The number of hydrogen-bond acceptors (Lipinski definition) is 4. The molecule has 5 nitrogen and oxygen atoms in total. The van der Waals surface area contributed by atoms with Gasteiger partial charge in [-0.1, -0.05) is 0 Å². The molecule has 3 rings (SSSR count). The first-order valence-corrected chi connectivity index (χ1v) is 8.14. The molecule has 1 saturated heterocycles. The number of likely N-dealkylation sites (N-methyl/N-ethyl adjacent to an activating group) is 1. The van der Waals surface area contributed by atoms with Crippen LogP contribution in [0.2, 0.25) is 0 Å². The Bertz CT molecular complexity index is 513. The third-order valence-corrected chi connectivity index (χ3v) is 4.39. The molecule has 2 aliphatic rings. The maximum absolute atomic E-state index is 12.8. The summed E-state index contributed by atoms with van der Waals surface area (Å²) >= 11 is 0. The largest absolute Gasteiger partial charge is 0.374 e. The van der Waals surface area contributed by atoms with E-state index < -0.39 is 0 Å². The van der Waals surface area contributed by atoms with Gasteiger partial charge >= 0.3 is 0 Å². The SMILES string of the molecule is Cc1ccc(C(=O)N(CC2CC2)C[C@@H]2CN(C)CCO2)cn1. The lowest BCUT2D eigenvalue weighted by Crippen LogP contribution is -2.48. The van der Waals surface area contributed by atoms with E-state index in [1.807, 2.05) is 24.0 Å². The molecule has 0 unspecified atom stereocenters. The fourth-order valence-corrected chi connectivity index (χ4v) is 2.85. The second kappa shape index (κ2) is 6.75. The molecule has 0 N–H and O–H groups in total. The van der Waals surface area contributed by atoms with Gasteiger partial charge in [-0.05, 0) is 44.9 Å². The van der Waals surface area contributed by atoms with Crippen LogP contribution in [0.3, 0.4) is 0 Å². The van der Waals surface area contributed by atoms with Crippen molar-refractivity contribution >= 4 is 5.91 Å². The molecule has 1 aliphatic heterocycles. The average Bonchev–Trinajstić information content (AvgIpc) is 3.31. The number of rotatable bonds is 5. The van der Waals surface area contributed by atoms with Gasteiger partial charge in [-0.2, -0.15) is 0 Å². The minimum absolute atomic E-state index is 0.0798. The van der Waals surface area contributed by atoms with Gasteiger partial charge in [-0.25, -0.2) is 0 Å². The number of ether oxygens (including phenoxy) is 1. The monoisotopic (exact) mass is 303 g/mol. The van der Waals surface area contributed by atoms with E-state index in [0.717, 1.165) is 31.9 Å². The molecule has 22 heavy (non-hydrogen) atoms. The summed E-state index contributed by atoms with van der Waals surface area (Å²) in [5, 5.41) is 0. The Morgan fingerprint density at radius 3 is 2.86 bits per heavy atom. The van der Waals surface area contributed by atoms with E-state index in [1.165, 1.54) is 12.8 Å². The van der Waals surface area contributed by atoms with E-state index in [4.69, 9.17) is 4.74 Å². The Hall–Kier alpha value is -1.46. The van der Waals surface area contributed by atoms with Crippen LogP contribution in [-0.2, 0) is 4.74 Å². The van der Waals surface area contributed by atoms with Gasteiger partial charge in [0, 0.05) is 38.1 Å². The fourth-order valence-electron chi connectivity index (χ4n) is 2.85. The molecule has 1 aromatic heterocycles. The number of aromatic nitrogens is 1. The maximum atomic E-state index is 12.8. The first-order valence-electron chi connectivity index (χ1n) is 8.14. The molecule has 0 spiro atoms. The normalized spacial score (nSPS) is 22.5. The van der Waals surface area contributed by atoms with Crippen molar-refractivity contribution in [1.29, 1.82) is 0 Å². The molecule has 1 saturated carbocycles. The summed E-state index contributed by atoms with van der Waals surface area (Å²) in [6.07, 6.45) is 4.27. The molecular weight excluding hydrogens is 278 g/mol. The van der Waals surface area contributed by atoms with Gasteiger partial charge in [0.2, 0.25) is 0 Å². The van der Waals surface area contributed by atoms with Crippen molar-refractivity contribution < 1.29 is 9.53 Å². The zero-order valence-electron chi connectivity index (χ0n) is 13.5. The van der Waals surface area contributed by atoms with Crippen LogP contribution < -0.4 is 0 Å². The van der Waals surface area contributed by atoms with Crippen molar-refractivity contribution in [2.24, 2.45) is 5.92 Å². The van der Waals surface area contributed by atoms with Crippen molar-refractivity contribution in [1.82, 2.24) is 14.8 Å². The second-order valence-electron chi connectivity index (χ2n) is 6.60. The minimum atomic E-state index is 0.0798. The molecule has 0 aromatic carbocycles. The van der Waals surface area contributed by atoms with E-state index in [-0.39, 0.29) is 12.0 Å². The molecule has 0 bridgehead atoms. The highest BCUT2D eigenvalue weighted by molar-refractivity contribution is 5.94.